The largest absolute Gasteiger partial charge is 0.490 e. The summed E-state index contributed by atoms with van der Waals surface area (Å²) in [6.07, 6.45) is 1.22. The average Bonchev–Trinajstić information content (AvgIpc) is 2.33. The first-order valence-electron chi connectivity index (χ1n) is 6.30. The second-order valence-corrected chi connectivity index (χ2v) is 4.90. The zero-order valence-electron chi connectivity index (χ0n) is 11.1. The van der Waals surface area contributed by atoms with Gasteiger partial charge in [-0.15, -0.1) is 0 Å². The Labute approximate surface area is 111 Å². The number of carbonyl (C=O) groups is 1. The SMILES string of the molecule is COC(=O)C1CC(Oc2ccc(F)cc2[C@@H](C)N)C1. The lowest BCUT2D eigenvalue weighted by Gasteiger charge is -2.34. The van der Waals surface area contributed by atoms with Crippen LogP contribution in [0, 0.1) is 11.7 Å². The van der Waals surface area contributed by atoms with Gasteiger partial charge in [0.25, 0.3) is 0 Å². The van der Waals surface area contributed by atoms with E-state index in [0.717, 1.165) is 0 Å². The van der Waals surface area contributed by atoms with Gasteiger partial charge in [-0.05, 0) is 38.0 Å². The van der Waals surface area contributed by atoms with Crippen molar-refractivity contribution in [3.8, 4) is 5.75 Å². The van der Waals surface area contributed by atoms with Gasteiger partial charge < -0.3 is 15.2 Å². The molecule has 0 aliphatic heterocycles. The van der Waals surface area contributed by atoms with E-state index >= 15 is 0 Å². The van der Waals surface area contributed by atoms with Crippen LogP contribution in [0.1, 0.15) is 31.4 Å². The van der Waals surface area contributed by atoms with E-state index < -0.39 is 0 Å². The third-order valence-electron chi connectivity index (χ3n) is 3.39. The van der Waals surface area contributed by atoms with Crippen molar-refractivity contribution in [2.24, 2.45) is 11.7 Å². The molecule has 1 aromatic carbocycles. The zero-order valence-corrected chi connectivity index (χ0v) is 11.1. The Morgan fingerprint density at radius 1 is 1.47 bits per heavy atom. The monoisotopic (exact) mass is 267 g/mol. The second kappa shape index (κ2) is 5.57. The summed E-state index contributed by atoms with van der Waals surface area (Å²) in [5.74, 6) is -0.0361. The first kappa shape index (κ1) is 13.8. The Hall–Kier alpha value is -1.62. The molecule has 1 aliphatic rings. The molecule has 0 aromatic heterocycles. The van der Waals surface area contributed by atoms with Crippen LogP contribution < -0.4 is 10.5 Å². The highest BCUT2D eigenvalue weighted by molar-refractivity contribution is 5.73. The first-order valence-corrected chi connectivity index (χ1v) is 6.30. The molecule has 104 valence electrons. The van der Waals surface area contributed by atoms with Crippen molar-refractivity contribution < 1.29 is 18.7 Å². The van der Waals surface area contributed by atoms with Gasteiger partial charge in [0.2, 0.25) is 0 Å². The minimum atomic E-state index is -0.333. The topological polar surface area (TPSA) is 61.5 Å². The van der Waals surface area contributed by atoms with Crippen molar-refractivity contribution in [3.63, 3.8) is 0 Å². The predicted octanol–water partition coefficient (Wildman–Crippen LogP) is 2.18. The molecule has 1 aliphatic carbocycles. The van der Waals surface area contributed by atoms with Crippen LogP contribution in [-0.2, 0) is 9.53 Å². The summed E-state index contributed by atoms with van der Waals surface area (Å²) in [4.78, 5) is 11.3. The summed E-state index contributed by atoms with van der Waals surface area (Å²) in [5, 5.41) is 0. The lowest BCUT2D eigenvalue weighted by Crippen LogP contribution is -2.39. The van der Waals surface area contributed by atoms with Crippen molar-refractivity contribution in [2.75, 3.05) is 7.11 Å². The van der Waals surface area contributed by atoms with Crippen LogP contribution in [0.5, 0.6) is 5.75 Å². The normalized spacial score (nSPS) is 23.4. The Bertz CT molecular complexity index is 470. The fraction of sp³-hybridized carbons (Fsp3) is 0.500. The summed E-state index contributed by atoms with van der Waals surface area (Å²) in [7, 11) is 1.38. The van der Waals surface area contributed by atoms with Crippen molar-refractivity contribution in [3.05, 3.63) is 29.6 Å². The molecule has 4 nitrogen and oxygen atoms in total. The molecule has 0 bridgehead atoms. The fourth-order valence-corrected chi connectivity index (χ4v) is 2.18. The van der Waals surface area contributed by atoms with Gasteiger partial charge in [0.15, 0.2) is 0 Å². The molecule has 1 saturated carbocycles. The van der Waals surface area contributed by atoms with E-state index in [-0.39, 0.29) is 29.9 Å². The van der Waals surface area contributed by atoms with Crippen LogP contribution >= 0.6 is 0 Å². The van der Waals surface area contributed by atoms with Gasteiger partial charge in [0.05, 0.1) is 13.0 Å². The number of methoxy groups -OCH3 is 1. The molecule has 19 heavy (non-hydrogen) atoms. The van der Waals surface area contributed by atoms with Crippen molar-refractivity contribution >= 4 is 5.97 Å². The van der Waals surface area contributed by atoms with Crippen LogP contribution in [-0.4, -0.2) is 19.2 Å². The van der Waals surface area contributed by atoms with Crippen LogP contribution in [0.2, 0.25) is 0 Å². The molecular weight excluding hydrogens is 249 g/mol. The van der Waals surface area contributed by atoms with E-state index in [1.807, 2.05) is 0 Å². The summed E-state index contributed by atoms with van der Waals surface area (Å²) in [6, 6.07) is 4.01. The van der Waals surface area contributed by atoms with Gasteiger partial charge in [-0.1, -0.05) is 0 Å². The molecule has 0 heterocycles. The number of carbonyl (C=O) groups excluding carboxylic acids is 1. The van der Waals surface area contributed by atoms with Gasteiger partial charge in [-0.2, -0.15) is 0 Å². The van der Waals surface area contributed by atoms with E-state index in [2.05, 4.69) is 4.74 Å². The maximum atomic E-state index is 13.2. The van der Waals surface area contributed by atoms with Gasteiger partial charge in [-0.3, -0.25) is 4.79 Å². The molecule has 1 atom stereocenters. The summed E-state index contributed by atoms with van der Waals surface area (Å²) in [5.41, 5.74) is 6.44. The number of benzene rings is 1. The summed E-state index contributed by atoms with van der Waals surface area (Å²) in [6.45, 7) is 1.78. The van der Waals surface area contributed by atoms with Crippen LogP contribution in [0.15, 0.2) is 18.2 Å². The maximum Gasteiger partial charge on any atom is 0.308 e. The number of nitrogens with two attached hydrogens (primary N) is 1. The molecule has 0 amide bonds. The van der Waals surface area contributed by atoms with Crippen LogP contribution in [0.25, 0.3) is 0 Å². The molecule has 1 fully saturated rings. The molecular formula is C14H18FNO3. The summed E-state index contributed by atoms with van der Waals surface area (Å²) >= 11 is 0. The third kappa shape index (κ3) is 3.04. The fourth-order valence-electron chi connectivity index (χ4n) is 2.18. The predicted molar refractivity (Wildman–Crippen MR) is 68.2 cm³/mol. The van der Waals surface area contributed by atoms with E-state index in [9.17, 15) is 9.18 Å². The molecule has 2 N–H and O–H groups in total. The number of esters is 1. The highest BCUT2D eigenvalue weighted by atomic mass is 19.1. The first-order chi connectivity index (χ1) is 9.01. The van der Waals surface area contributed by atoms with Gasteiger partial charge >= 0.3 is 5.97 Å². The standard InChI is InChI=1S/C14H18FNO3/c1-8(16)12-7-10(15)3-4-13(12)19-11-5-9(6-11)14(17)18-2/h3-4,7-9,11H,5-6,16H2,1-2H3/t8-,9?,11?/m1/s1. The van der Waals surface area contributed by atoms with E-state index in [4.69, 9.17) is 10.5 Å². The van der Waals surface area contributed by atoms with E-state index in [1.54, 1.807) is 13.0 Å². The minimum absolute atomic E-state index is 0.0351. The smallest absolute Gasteiger partial charge is 0.308 e. The van der Waals surface area contributed by atoms with E-state index in [0.29, 0.717) is 24.2 Å². The van der Waals surface area contributed by atoms with E-state index in [1.165, 1.54) is 19.2 Å². The van der Waals surface area contributed by atoms with Gasteiger partial charge in [-0.25, -0.2) is 4.39 Å². The molecule has 0 unspecified atom stereocenters. The highest BCUT2D eigenvalue weighted by Gasteiger charge is 2.37. The quantitative estimate of drug-likeness (QED) is 0.849. The molecule has 2 rings (SSSR count). The van der Waals surface area contributed by atoms with Gasteiger partial charge in [0, 0.05) is 11.6 Å². The minimum Gasteiger partial charge on any atom is -0.490 e. The number of rotatable bonds is 4. The average molecular weight is 267 g/mol. The molecule has 0 radical (unpaired) electrons. The number of halogens is 1. The van der Waals surface area contributed by atoms with Crippen molar-refractivity contribution in [1.82, 2.24) is 0 Å². The second-order valence-electron chi connectivity index (χ2n) is 4.90. The Morgan fingerprint density at radius 2 is 2.16 bits per heavy atom. The van der Waals surface area contributed by atoms with Crippen molar-refractivity contribution in [2.45, 2.75) is 31.9 Å². The Balaban J connectivity index is 2.00. The Morgan fingerprint density at radius 3 is 2.74 bits per heavy atom. The lowest BCUT2D eigenvalue weighted by atomic mass is 9.82. The molecule has 5 heteroatoms. The third-order valence-corrected chi connectivity index (χ3v) is 3.39. The number of hydrogen-bond acceptors (Lipinski definition) is 4. The number of hydrogen-bond donors (Lipinski definition) is 1. The van der Waals surface area contributed by atoms with Crippen molar-refractivity contribution in [1.29, 1.82) is 0 Å². The molecule has 0 saturated heterocycles. The van der Waals surface area contributed by atoms with Crippen LogP contribution in [0.3, 0.4) is 0 Å². The molecule has 0 spiro atoms. The Kier molecular flexibility index (Phi) is 4.04. The summed E-state index contributed by atoms with van der Waals surface area (Å²) < 4.78 is 23.6. The lowest BCUT2D eigenvalue weighted by molar-refractivity contribution is -0.151. The molecule has 1 aromatic rings. The number of ether oxygens (including phenoxy) is 2. The van der Waals surface area contributed by atoms with Crippen LogP contribution in [0.4, 0.5) is 4.39 Å². The zero-order chi connectivity index (χ0) is 14.0. The highest BCUT2D eigenvalue weighted by Crippen LogP contribution is 2.34. The van der Waals surface area contributed by atoms with Gasteiger partial charge in [0.1, 0.15) is 17.7 Å². The maximum absolute atomic E-state index is 13.2.